The summed E-state index contributed by atoms with van der Waals surface area (Å²) in [6, 6.07) is 5.57. The number of amides is 1. The minimum atomic E-state index is -0.194. The molecule has 112 valence electrons. The molecule has 5 heteroatoms. The molecule has 0 radical (unpaired) electrons. The summed E-state index contributed by atoms with van der Waals surface area (Å²) in [5, 5.41) is 12.8. The number of aryl methyl sites for hydroxylation is 1. The van der Waals surface area contributed by atoms with Crippen LogP contribution in [0.25, 0.3) is 0 Å². The first-order chi connectivity index (χ1) is 9.81. The lowest BCUT2D eigenvalue weighted by Crippen LogP contribution is -2.18. The molecule has 0 aliphatic heterocycles. The molecule has 1 heterocycles. The van der Waals surface area contributed by atoms with Crippen molar-refractivity contribution < 1.29 is 9.90 Å². The van der Waals surface area contributed by atoms with Crippen molar-refractivity contribution in [3.05, 3.63) is 45.7 Å². The van der Waals surface area contributed by atoms with Crippen molar-refractivity contribution in [2.45, 2.75) is 33.7 Å². The summed E-state index contributed by atoms with van der Waals surface area (Å²) < 4.78 is 2.77. The molecule has 0 atom stereocenters. The number of halogens is 1. The zero-order valence-electron chi connectivity index (χ0n) is 12.6. The number of aromatic nitrogens is 1. The van der Waals surface area contributed by atoms with Gasteiger partial charge >= 0.3 is 0 Å². The smallest absolute Gasteiger partial charge is 0.272 e. The van der Waals surface area contributed by atoms with Gasteiger partial charge in [-0.15, -0.1) is 0 Å². The Morgan fingerprint density at radius 2 is 2.00 bits per heavy atom. The normalized spacial score (nSPS) is 11.0. The molecule has 21 heavy (non-hydrogen) atoms. The van der Waals surface area contributed by atoms with Gasteiger partial charge in [-0.25, -0.2) is 0 Å². The van der Waals surface area contributed by atoms with E-state index in [4.69, 9.17) is 0 Å². The Labute approximate surface area is 132 Å². The average Bonchev–Trinajstić information content (AvgIpc) is 2.82. The fourth-order valence-electron chi connectivity index (χ4n) is 2.21. The van der Waals surface area contributed by atoms with E-state index >= 15 is 0 Å². The Bertz CT molecular complexity index is 690. The van der Waals surface area contributed by atoms with Crippen molar-refractivity contribution in [1.82, 2.24) is 4.57 Å². The zero-order valence-corrected chi connectivity index (χ0v) is 14.2. The second-order valence-corrected chi connectivity index (χ2v) is 6.32. The van der Waals surface area contributed by atoms with Crippen LogP contribution in [-0.4, -0.2) is 15.6 Å². The van der Waals surface area contributed by atoms with Gasteiger partial charge in [0, 0.05) is 28.0 Å². The Hall–Kier alpha value is -1.75. The molecule has 0 spiro atoms. The van der Waals surface area contributed by atoms with E-state index in [2.05, 4.69) is 21.2 Å². The molecule has 2 aromatic rings. The maximum Gasteiger partial charge on any atom is 0.272 e. The number of hydrogen-bond donors (Lipinski definition) is 2. The summed E-state index contributed by atoms with van der Waals surface area (Å²) in [6.45, 7) is 7.66. The second-order valence-electron chi connectivity index (χ2n) is 5.40. The number of nitrogens with one attached hydrogen (secondary N) is 1. The molecule has 0 unspecified atom stereocenters. The number of anilines is 1. The lowest BCUT2D eigenvalue weighted by atomic mass is 10.1. The van der Waals surface area contributed by atoms with E-state index in [1.807, 2.05) is 31.5 Å². The highest BCUT2D eigenvalue weighted by atomic mass is 79.9. The number of carbonyl (C=O) groups excluding carboxylic acids is 1. The molecule has 1 aromatic carbocycles. The summed E-state index contributed by atoms with van der Waals surface area (Å²) in [5.74, 6) is 0.0222. The van der Waals surface area contributed by atoms with Crippen LogP contribution in [-0.2, 0) is 0 Å². The molecule has 0 bridgehead atoms. The molecular weight excluding hydrogens is 332 g/mol. The van der Waals surface area contributed by atoms with E-state index in [-0.39, 0.29) is 17.7 Å². The topological polar surface area (TPSA) is 54.3 Å². The quantitative estimate of drug-likeness (QED) is 0.861. The zero-order chi connectivity index (χ0) is 15.7. The Kier molecular flexibility index (Phi) is 4.42. The lowest BCUT2D eigenvalue weighted by Gasteiger charge is -2.14. The first-order valence-corrected chi connectivity index (χ1v) is 7.58. The van der Waals surface area contributed by atoms with E-state index in [1.54, 1.807) is 25.1 Å². The Morgan fingerprint density at radius 3 is 2.62 bits per heavy atom. The average molecular weight is 351 g/mol. The van der Waals surface area contributed by atoms with Gasteiger partial charge < -0.3 is 15.0 Å². The van der Waals surface area contributed by atoms with Crippen molar-refractivity contribution in [2.24, 2.45) is 0 Å². The number of hydrogen-bond acceptors (Lipinski definition) is 2. The van der Waals surface area contributed by atoms with Crippen LogP contribution in [0.1, 0.15) is 41.5 Å². The van der Waals surface area contributed by atoms with Gasteiger partial charge in [0.05, 0.1) is 0 Å². The van der Waals surface area contributed by atoms with Crippen LogP contribution in [0.15, 0.2) is 28.9 Å². The highest BCUT2D eigenvalue weighted by Gasteiger charge is 2.16. The molecule has 1 amide bonds. The van der Waals surface area contributed by atoms with Crippen LogP contribution < -0.4 is 5.32 Å². The first-order valence-electron chi connectivity index (χ1n) is 6.79. The van der Waals surface area contributed by atoms with Crippen molar-refractivity contribution in [1.29, 1.82) is 0 Å². The largest absolute Gasteiger partial charge is 0.507 e. The number of rotatable bonds is 3. The van der Waals surface area contributed by atoms with Crippen LogP contribution in [0, 0.1) is 13.8 Å². The third-order valence-electron chi connectivity index (χ3n) is 3.49. The summed E-state index contributed by atoms with van der Waals surface area (Å²) in [6.07, 6.45) is 1.89. The van der Waals surface area contributed by atoms with Gasteiger partial charge in [0.15, 0.2) is 0 Å². The van der Waals surface area contributed by atoms with E-state index in [0.29, 0.717) is 16.9 Å². The SMILES string of the molecule is Cc1ccc(NC(=O)c2cc(Br)cn2C(C)C)c(C)c1O. The molecule has 0 fully saturated rings. The number of phenols is 1. The third-order valence-corrected chi connectivity index (χ3v) is 3.92. The Balaban J connectivity index is 2.33. The van der Waals surface area contributed by atoms with Gasteiger partial charge in [0.1, 0.15) is 11.4 Å². The Morgan fingerprint density at radius 1 is 1.33 bits per heavy atom. The summed E-state index contributed by atoms with van der Waals surface area (Å²) in [5.41, 5.74) is 2.66. The monoisotopic (exact) mass is 350 g/mol. The van der Waals surface area contributed by atoms with Crippen LogP contribution in [0.4, 0.5) is 5.69 Å². The molecule has 4 nitrogen and oxygen atoms in total. The maximum atomic E-state index is 12.5. The summed E-state index contributed by atoms with van der Waals surface area (Å²) in [7, 11) is 0. The molecule has 2 N–H and O–H groups in total. The van der Waals surface area contributed by atoms with E-state index in [1.165, 1.54) is 0 Å². The number of carbonyl (C=O) groups is 1. The molecule has 0 saturated carbocycles. The van der Waals surface area contributed by atoms with Gasteiger partial charge in [0.2, 0.25) is 0 Å². The summed E-state index contributed by atoms with van der Waals surface area (Å²) in [4.78, 5) is 12.5. The highest BCUT2D eigenvalue weighted by Crippen LogP contribution is 2.29. The molecule has 0 aliphatic carbocycles. The van der Waals surface area contributed by atoms with Gasteiger partial charge in [-0.2, -0.15) is 0 Å². The van der Waals surface area contributed by atoms with Gasteiger partial charge in [-0.05, 0) is 61.3 Å². The number of benzene rings is 1. The van der Waals surface area contributed by atoms with Crippen LogP contribution in [0.2, 0.25) is 0 Å². The van der Waals surface area contributed by atoms with Crippen LogP contribution in [0.5, 0.6) is 5.75 Å². The number of nitrogens with zero attached hydrogens (tertiary/aromatic N) is 1. The van der Waals surface area contributed by atoms with Crippen molar-refractivity contribution in [2.75, 3.05) is 5.32 Å². The predicted molar refractivity (Wildman–Crippen MR) is 88.1 cm³/mol. The first kappa shape index (κ1) is 15.6. The minimum Gasteiger partial charge on any atom is -0.507 e. The van der Waals surface area contributed by atoms with Gasteiger partial charge in [-0.1, -0.05) is 6.07 Å². The van der Waals surface area contributed by atoms with E-state index in [9.17, 15) is 9.90 Å². The minimum absolute atomic E-state index is 0.185. The predicted octanol–water partition coefficient (Wildman–Crippen LogP) is 4.41. The molecule has 1 aromatic heterocycles. The van der Waals surface area contributed by atoms with Crippen LogP contribution in [0.3, 0.4) is 0 Å². The molecule has 2 rings (SSSR count). The summed E-state index contributed by atoms with van der Waals surface area (Å²) >= 11 is 3.40. The lowest BCUT2D eigenvalue weighted by molar-refractivity contribution is 0.101. The van der Waals surface area contributed by atoms with Gasteiger partial charge in [0.25, 0.3) is 5.91 Å². The van der Waals surface area contributed by atoms with E-state index in [0.717, 1.165) is 10.0 Å². The molecular formula is C16H19BrN2O2. The van der Waals surface area contributed by atoms with Crippen LogP contribution >= 0.6 is 15.9 Å². The second kappa shape index (κ2) is 5.93. The molecule has 0 aliphatic rings. The number of aromatic hydroxyl groups is 1. The van der Waals surface area contributed by atoms with Crippen molar-refractivity contribution in [3.63, 3.8) is 0 Å². The highest BCUT2D eigenvalue weighted by molar-refractivity contribution is 9.10. The maximum absolute atomic E-state index is 12.5. The standard InChI is InChI=1S/C16H19BrN2O2/c1-9(2)19-8-12(17)7-14(19)16(21)18-13-6-5-10(3)15(20)11(13)4/h5-9,20H,1-4H3,(H,18,21). The fourth-order valence-corrected chi connectivity index (χ4v) is 2.65. The van der Waals surface area contributed by atoms with Crippen molar-refractivity contribution in [3.8, 4) is 5.75 Å². The third kappa shape index (κ3) is 3.13. The molecule has 0 saturated heterocycles. The fraction of sp³-hybridized carbons (Fsp3) is 0.312. The van der Waals surface area contributed by atoms with Crippen molar-refractivity contribution >= 4 is 27.5 Å². The van der Waals surface area contributed by atoms with E-state index < -0.39 is 0 Å². The number of phenolic OH excluding ortho intramolecular Hbond substituents is 1. The van der Waals surface area contributed by atoms with Gasteiger partial charge in [-0.3, -0.25) is 4.79 Å².